The summed E-state index contributed by atoms with van der Waals surface area (Å²) in [6.07, 6.45) is -0.656. The van der Waals surface area contributed by atoms with Gasteiger partial charge in [0, 0.05) is 13.5 Å². The molecule has 1 aliphatic heterocycles. The normalized spacial score (nSPS) is 19.9. The molecule has 0 aromatic heterocycles. The monoisotopic (exact) mass is 509 g/mol. The van der Waals surface area contributed by atoms with Crippen molar-refractivity contribution in [3.8, 4) is 5.75 Å². The van der Waals surface area contributed by atoms with Crippen LogP contribution in [0.3, 0.4) is 0 Å². The van der Waals surface area contributed by atoms with Crippen molar-refractivity contribution < 1.29 is 33.4 Å². The molecule has 0 radical (unpaired) electrons. The zero-order valence-electron chi connectivity index (χ0n) is 22.5. The van der Waals surface area contributed by atoms with E-state index in [0.29, 0.717) is 12.2 Å². The molecule has 202 valence electrons. The number of likely N-dealkylation sites (tertiary alicyclic amines) is 1. The van der Waals surface area contributed by atoms with Crippen molar-refractivity contribution >= 4 is 17.9 Å². The Morgan fingerprint density at radius 1 is 1.17 bits per heavy atom. The fourth-order valence-corrected chi connectivity index (χ4v) is 3.85. The van der Waals surface area contributed by atoms with Crippen molar-refractivity contribution in [1.82, 2.24) is 15.1 Å². The summed E-state index contributed by atoms with van der Waals surface area (Å²) in [5, 5.41) is 12.7. The van der Waals surface area contributed by atoms with Crippen molar-refractivity contribution in [3.63, 3.8) is 0 Å². The maximum Gasteiger partial charge on any atom is 0.410 e. The summed E-state index contributed by atoms with van der Waals surface area (Å²) >= 11 is 0. The van der Waals surface area contributed by atoms with Crippen LogP contribution in [0.1, 0.15) is 54.9 Å². The number of likely N-dealkylation sites (N-methyl/N-ethyl adjacent to an activating group) is 1. The molecule has 1 aliphatic rings. The zero-order valence-corrected chi connectivity index (χ0v) is 22.5. The van der Waals surface area contributed by atoms with Crippen LogP contribution < -0.4 is 10.1 Å². The van der Waals surface area contributed by atoms with E-state index in [1.165, 1.54) is 41.1 Å². The standard InChI is InChI=1S/C26H40FN3O6/c1-16(29(8)24(34)36-26(5,6)7)22(32)28-21(25(2,3)4)23(33)30-14-20(13-18(30)15-31)35-19-11-9-17(27)10-12-19/h9-12,16,18,20-21,31H,13-15H2,1-8H3,(H,28,32)/t16-,18-,20-,21+/m0/s1. The van der Waals surface area contributed by atoms with Gasteiger partial charge in [0.2, 0.25) is 11.8 Å². The molecule has 36 heavy (non-hydrogen) atoms. The van der Waals surface area contributed by atoms with E-state index in [2.05, 4.69) is 5.32 Å². The van der Waals surface area contributed by atoms with Crippen LogP contribution in [0.4, 0.5) is 9.18 Å². The number of hydrogen-bond acceptors (Lipinski definition) is 6. The van der Waals surface area contributed by atoms with Crippen LogP contribution in [0.25, 0.3) is 0 Å². The molecule has 1 fully saturated rings. The Hall–Kier alpha value is -2.88. The fraction of sp³-hybridized carbons (Fsp3) is 0.654. The van der Waals surface area contributed by atoms with Crippen molar-refractivity contribution in [2.24, 2.45) is 5.41 Å². The number of aliphatic hydroxyl groups excluding tert-OH is 1. The Bertz CT molecular complexity index is 925. The molecule has 0 spiro atoms. The summed E-state index contributed by atoms with van der Waals surface area (Å²) in [5.74, 6) is -0.774. The lowest BCUT2D eigenvalue weighted by Crippen LogP contribution is -2.59. The van der Waals surface area contributed by atoms with Crippen LogP contribution in [-0.4, -0.2) is 82.8 Å². The number of halogens is 1. The van der Waals surface area contributed by atoms with E-state index in [-0.39, 0.29) is 24.9 Å². The quantitative estimate of drug-likeness (QED) is 0.585. The number of nitrogens with one attached hydrogen (secondary N) is 1. The fourth-order valence-electron chi connectivity index (χ4n) is 3.85. The molecule has 3 amide bonds. The van der Waals surface area contributed by atoms with Gasteiger partial charge in [-0.25, -0.2) is 9.18 Å². The molecular formula is C26H40FN3O6. The average Bonchev–Trinajstić information content (AvgIpc) is 3.18. The van der Waals surface area contributed by atoms with Crippen LogP contribution in [0, 0.1) is 11.2 Å². The predicted molar refractivity (Wildman–Crippen MR) is 133 cm³/mol. The molecule has 1 aromatic rings. The first-order chi connectivity index (χ1) is 16.5. The summed E-state index contributed by atoms with van der Waals surface area (Å²) in [4.78, 5) is 41.8. The van der Waals surface area contributed by atoms with Crippen molar-refractivity contribution in [2.45, 2.75) is 84.7 Å². The SMILES string of the molecule is C[C@@H](C(=O)N[C@H](C(=O)N1C[C@@H](Oc2ccc(F)cc2)C[C@H]1CO)C(C)(C)C)N(C)C(=O)OC(C)(C)C. The van der Waals surface area contributed by atoms with Gasteiger partial charge in [0.1, 0.15) is 35.4 Å². The van der Waals surface area contributed by atoms with E-state index < -0.39 is 47.2 Å². The van der Waals surface area contributed by atoms with Gasteiger partial charge in [0.05, 0.1) is 19.2 Å². The molecule has 0 bridgehead atoms. The van der Waals surface area contributed by atoms with Gasteiger partial charge in [0.25, 0.3) is 0 Å². The lowest BCUT2D eigenvalue weighted by atomic mass is 9.85. The second kappa shape index (κ2) is 11.5. The smallest absolute Gasteiger partial charge is 0.410 e. The molecule has 1 aromatic carbocycles. The highest BCUT2D eigenvalue weighted by Crippen LogP contribution is 2.28. The Morgan fingerprint density at radius 2 is 1.75 bits per heavy atom. The molecule has 10 heteroatoms. The maximum atomic E-state index is 13.6. The number of nitrogens with zero attached hydrogens (tertiary/aromatic N) is 2. The number of amides is 3. The van der Waals surface area contributed by atoms with Crippen LogP contribution in [0.2, 0.25) is 0 Å². The average molecular weight is 510 g/mol. The molecule has 1 heterocycles. The third-order valence-corrected chi connectivity index (χ3v) is 6.03. The highest BCUT2D eigenvalue weighted by Gasteiger charge is 2.43. The van der Waals surface area contributed by atoms with Gasteiger partial charge >= 0.3 is 6.09 Å². The van der Waals surface area contributed by atoms with Gasteiger partial charge in [-0.15, -0.1) is 0 Å². The van der Waals surface area contributed by atoms with E-state index in [1.807, 2.05) is 20.8 Å². The first-order valence-corrected chi connectivity index (χ1v) is 12.1. The number of benzene rings is 1. The number of aliphatic hydroxyl groups is 1. The second-order valence-corrected chi connectivity index (χ2v) is 11.3. The first-order valence-electron chi connectivity index (χ1n) is 12.1. The van der Waals surface area contributed by atoms with E-state index in [4.69, 9.17) is 9.47 Å². The van der Waals surface area contributed by atoms with Crippen molar-refractivity contribution in [2.75, 3.05) is 20.2 Å². The van der Waals surface area contributed by atoms with Gasteiger partial charge < -0.3 is 24.8 Å². The molecule has 9 nitrogen and oxygen atoms in total. The topological polar surface area (TPSA) is 108 Å². The maximum absolute atomic E-state index is 13.6. The summed E-state index contributed by atoms with van der Waals surface area (Å²) in [7, 11) is 1.46. The van der Waals surface area contributed by atoms with E-state index >= 15 is 0 Å². The third-order valence-electron chi connectivity index (χ3n) is 6.03. The van der Waals surface area contributed by atoms with Gasteiger partial charge in [-0.1, -0.05) is 20.8 Å². The lowest BCUT2D eigenvalue weighted by molar-refractivity contribution is -0.141. The minimum Gasteiger partial charge on any atom is -0.489 e. The lowest BCUT2D eigenvalue weighted by Gasteiger charge is -2.36. The number of carbonyl (C=O) groups is 3. The minimum absolute atomic E-state index is 0.206. The minimum atomic E-state index is -0.918. The molecule has 0 aliphatic carbocycles. The van der Waals surface area contributed by atoms with Gasteiger partial charge in [-0.05, 0) is 57.4 Å². The molecule has 2 rings (SSSR count). The molecular weight excluding hydrogens is 469 g/mol. The number of ether oxygens (including phenoxy) is 2. The van der Waals surface area contributed by atoms with Crippen LogP contribution in [0.5, 0.6) is 5.75 Å². The largest absolute Gasteiger partial charge is 0.489 e. The van der Waals surface area contributed by atoms with Crippen LogP contribution >= 0.6 is 0 Å². The molecule has 0 unspecified atom stereocenters. The van der Waals surface area contributed by atoms with Crippen LogP contribution in [0.15, 0.2) is 24.3 Å². The number of hydrogen-bond donors (Lipinski definition) is 2. The zero-order chi connectivity index (χ0) is 27.4. The first kappa shape index (κ1) is 29.4. The summed E-state index contributed by atoms with van der Waals surface area (Å²) in [5.41, 5.74) is -1.38. The summed E-state index contributed by atoms with van der Waals surface area (Å²) < 4.78 is 24.5. The van der Waals surface area contributed by atoms with E-state index in [1.54, 1.807) is 27.7 Å². The summed E-state index contributed by atoms with van der Waals surface area (Å²) in [6.45, 7) is 12.2. The van der Waals surface area contributed by atoms with Crippen molar-refractivity contribution in [3.05, 3.63) is 30.1 Å². The Kier molecular flexibility index (Phi) is 9.34. The van der Waals surface area contributed by atoms with E-state index in [9.17, 15) is 23.9 Å². The molecule has 4 atom stereocenters. The van der Waals surface area contributed by atoms with Crippen molar-refractivity contribution in [1.29, 1.82) is 0 Å². The third kappa shape index (κ3) is 7.81. The molecule has 1 saturated heterocycles. The Morgan fingerprint density at radius 3 is 2.25 bits per heavy atom. The van der Waals surface area contributed by atoms with Gasteiger partial charge in [-0.3, -0.25) is 14.5 Å². The second-order valence-electron chi connectivity index (χ2n) is 11.3. The van der Waals surface area contributed by atoms with Gasteiger partial charge in [0.15, 0.2) is 0 Å². The predicted octanol–water partition coefficient (Wildman–Crippen LogP) is 2.95. The molecule has 0 saturated carbocycles. The van der Waals surface area contributed by atoms with Gasteiger partial charge in [-0.2, -0.15) is 0 Å². The van der Waals surface area contributed by atoms with E-state index in [0.717, 1.165) is 0 Å². The highest BCUT2D eigenvalue weighted by atomic mass is 19.1. The number of carbonyl (C=O) groups excluding carboxylic acids is 3. The highest BCUT2D eigenvalue weighted by molar-refractivity contribution is 5.91. The number of rotatable bonds is 7. The Balaban J connectivity index is 2.14. The summed E-state index contributed by atoms with van der Waals surface area (Å²) in [6, 6.07) is 3.29. The van der Waals surface area contributed by atoms with Crippen LogP contribution in [-0.2, 0) is 14.3 Å². The molecule has 2 N–H and O–H groups in total. The Labute approximate surface area is 212 Å².